The number of methoxy groups -OCH3 is 1. The summed E-state index contributed by atoms with van der Waals surface area (Å²) in [6.07, 6.45) is 2.13. The molecule has 2 aromatic heterocycles. The van der Waals surface area contributed by atoms with Gasteiger partial charge < -0.3 is 18.6 Å². The van der Waals surface area contributed by atoms with Crippen molar-refractivity contribution in [3.63, 3.8) is 0 Å². The Labute approximate surface area is 196 Å². The maximum absolute atomic E-state index is 14.1. The van der Waals surface area contributed by atoms with E-state index in [0.717, 1.165) is 29.3 Å². The van der Waals surface area contributed by atoms with Crippen molar-refractivity contribution in [1.82, 2.24) is 14.7 Å². The van der Waals surface area contributed by atoms with Crippen molar-refractivity contribution in [2.45, 2.75) is 51.7 Å². The van der Waals surface area contributed by atoms with Gasteiger partial charge in [0.15, 0.2) is 11.6 Å². The van der Waals surface area contributed by atoms with E-state index in [4.69, 9.17) is 14.0 Å². The molecule has 0 N–H and O–H groups in total. The van der Waals surface area contributed by atoms with Gasteiger partial charge in [0.05, 0.1) is 13.5 Å². The second-order valence-corrected chi connectivity index (χ2v) is 9.53. The van der Waals surface area contributed by atoms with Crippen molar-refractivity contribution >= 4 is 16.9 Å². The summed E-state index contributed by atoms with van der Waals surface area (Å²) in [6, 6.07) is 12.7. The van der Waals surface area contributed by atoms with Crippen LogP contribution in [-0.2, 0) is 16.0 Å². The first-order valence-corrected chi connectivity index (χ1v) is 11.3. The number of esters is 1. The highest BCUT2D eigenvalue weighted by atomic mass is 19.1. The van der Waals surface area contributed by atoms with E-state index in [0.29, 0.717) is 17.8 Å². The summed E-state index contributed by atoms with van der Waals surface area (Å²) in [5.41, 5.74) is 2.95. The SMILES string of the molecule is COc1ccc(-c2nc(-c3ccc4cc5n(c4c3)C(CC(=O)OC(C)(C)C)CC5)no2)cc1F. The molecule has 0 bridgehead atoms. The minimum absolute atomic E-state index is 0.0423. The van der Waals surface area contributed by atoms with Gasteiger partial charge >= 0.3 is 5.97 Å². The zero-order valence-electron chi connectivity index (χ0n) is 19.6. The van der Waals surface area contributed by atoms with Crippen molar-refractivity contribution in [3.05, 3.63) is 54.0 Å². The lowest BCUT2D eigenvalue weighted by atomic mass is 10.1. The van der Waals surface area contributed by atoms with Gasteiger partial charge in [0.1, 0.15) is 5.60 Å². The largest absolute Gasteiger partial charge is 0.494 e. The number of carbonyl (C=O) groups excluding carboxylic acids is 1. The van der Waals surface area contributed by atoms with Crippen molar-refractivity contribution in [2.24, 2.45) is 0 Å². The first-order chi connectivity index (χ1) is 16.2. The predicted octanol–water partition coefficient (Wildman–Crippen LogP) is 5.73. The fourth-order valence-electron chi connectivity index (χ4n) is 4.51. The van der Waals surface area contributed by atoms with Crippen molar-refractivity contribution in [2.75, 3.05) is 7.11 Å². The first kappa shape index (κ1) is 22.1. The molecule has 0 radical (unpaired) electrons. The Morgan fingerprint density at radius 3 is 2.71 bits per heavy atom. The van der Waals surface area contributed by atoms with Crippen LogP contribution in [0.25, 0.3) is 33.7 Å². The third-order valence-corrected chi connectivity index (χ3v) is 5.93. The normalized spacial score (nSPS) is 15.5. The van der Waals surface area contributed by atoms with Crippen LogP contribution >= 0.6 is 0 Å². The number of hydrogen-bond acceptors (Lipinski definition) is 6. The second kappa shape index (κ2) is 8.27. The van der Waals surface area contributed by atoms with E-state index in [1.54, 1.807) is 6.07 Å². The van der Waals surface area contributed by atoms with E-state index in [2.05, 4.69) is 20.8 Å². The molecular formula is C26H26FN3O4. The molecular weight excluding hydrogens is 437 g/mol. The Morgan fingerprint density at radius 2 is 1.97 bits per heavy atom. The van der Waals surface area contributed by atoms with Crippen LogP contribution in [0.2, 0.25) is 0 Å². The van der Waals surface area contributed by atoms with Crippen molar-refractivity contribution in [3.8, 4) is 28.6 Å². The summed E-state index contributed by atoms with van der Waals surface area (Å²) in [5.74, 6) is 0.0843. The number of nitrogens with zero attached hydrogens (tertiary/aromatic N) is 3. The van der Waals surface area contributed by atoms with Crippen molar-refractivity contribution < 1.29 is 23.2 Å². The zero-order valence-corrected chi connectivity index (χ0v) is 19.6. The Morgan fingerprint density at radius 1 is 1.18 bits per heavy atom. The van der Waals surface area contributed by atoms with Crippen LogP contribution in [-0.4, -0.2) is 33.4 Å². The minimum atomic E-state index is -0.506. The Bertz CT molecular complexity index is 1380. The molecule has 176 valence electrons. The monoisotopic (exact) mass is 463 g/mol. The van der Waals surface area contributed by atoms with Crippen LogP contribution in [0.3, 0.4) is 0 Å². The van der Waals surface area contributed by atoms with Crippen molar-refractivity contribution in [1.29, 1.82) is 0 Å². The number of benzene rings is 2. The summed E-state index contributed by atoms with van der Waals surface area (Å²) in [6.45, 7) is 5.63. The maximum Gasteiger partial charge on any atom is 0.308 e. The number of fused-ring (bicyclic) bond motifs is 3. The summed E-state index contributed by atoms with van der Waals surface area (Å²) in [7, 11) is 1.41. The van der Waals surface area contributed by atoms with Crippen LogP contribution in [0.1, 0.15) is 45.3 Å². The van der Waals surface area contributed by atoms with Crippen LogP contribution in [0.15, 0.2) is 47.0 Å². The van der Waals surface area contributed by atoms with E-state index < -0.39 is 11.4 Å². The molecule has 0 spiro atoms. The molecule has 0 aliphatic carbocycles. The van der Waals surface area contributed by atoms with Gasteiger partial charge in [-0.15, -0.1) is 0 Å². The molecule has 2 aromatic carbocycles. The fourth-order valence-corrected chi connectivity index (χ4v) is 4.51. The smallest absolute Gasteiger partial charge is 0.308 e. The number of carbonyl (C=O) groups is 1. The molecule has 5 rings (SSSR count). The molecule has 1 atom stereocenters. The summed E-state index contributed by atoms with van der Waals surface area (Å²) >= 11 is 0. The average Bonchev–Trinajstić information content (AvgIpc) is 3.48. The number of aromatic nitrogens is 3. The van der Waals surface area contributed by atoms with Gasteiger partial charge in [0, 0.05) is 28.4 Å². The van der Waals surface area contributed by atoms with Gasteiger partial charge in [-0.3, -0.25) is 4.79 Å². The van der Waals surface area contributed by atoms with E-state index in [1.165, 1.54) is 24.9 Å². The Kier molecular flexibility index (Phi) is 5.38. The Hall–Kier alpha value is -3.68. The highest BCUT2D eigenvalue weighted by Gasteiger charge is 2.28. The fraction of sp³-hybridized carbons (Fsp3) is 0.346. The summed E-state index contributed by atoms with van der Waals surface area (Å²) < 4.78 is 32.2. The maximum atomic E-state index is 14.1. The van der Waals surface area contributed by atoms with Gasteiger partial charge in [-0.25, -0.2) is 4.39 Å². The number of hydrogen-bond donors (Lipinski definition) is 0. The molecule has 0 fully saturated rings. The minimum Gasteiger partial charge on any atom is -0.494 e. The molecule has 0 saturated heterocycles. The molecule has 8 heteroatoms. The molecule has 3 heterocycles. The third kappa shape index (κ3) is 4.16. The van der Waals surface area contributed by atoms with Crippen LogP contribution < -0.4 is 4.74 Å². The summed E-state index contributed by atoms with van der Waals surface area (Å²) in [4.78, 5) is 16.9. The van der Waals surface area contributed by atoms with Gasteiger partial charge in [-0.1, -0.05) is 17.3 Å². The highest BCUT2D eigenvalue weighted by molar-refractivity contribution is 5.86. The lowest BCUT2D eigenvalue weighted by molar-refractivity contribution is -0.155. The highest BCUT2D eigenvalue weighted by Crippen LogP contribution is 2.37. The number of rotatable bonds is 5. The number of ether oxygens (including phenoxy) is 2. The quantitative estimate of drug-likeness (QED) is 0.352. The van der Waals surface area contributed by atoms with Gasteiger partial charge in [-0.05, 0) is 69.3 Å². The van der Waals surface area contributed by atoms with E-state index in [9.17, 15) is 9.18 Å². The topological polar surface area (TPSA) is 79.4 Å². The molecule has 0 saturated carbocycles. The lowest BCUT2D eigenvalue weighted by Crippen LogP contribution is -2.25. The number of halogens is 1. The van der Waals surface area contributed by atoms with Crippen LogP contribution in [0, 0.1) is 5.82 Å². The van der Waals surface area contributed by atoms with Gasteiger partial charge in [0.2, 0.25) is 5.82 Å². The van der Waals surface area contributed by atoms with E-state index in [-0.39, 0.29) is 23.7 Å². The molecule has 34 heavy (non-hydrogen) atoms. The first-order valence-electron chi connectivity index (χ1n) is 11.3. The molecule has 0 amide bonds. The summed E-state index contributed by atoms with van der Waals surface area (Å²) in [5, 5.41) is 5.20. The number of aryl methyl sites for hydroxylation is 1. The van der Waals surface area contributed by atoms with Gasteiger partial charge in [0.25, 0.3) is 5.89 Å². The van der Waals surface area contributed by atoms with Crippen LogP contribution in [0.5, 0.6) is 5.75 Å². The molecule has 1 aliphatic heterocycles. The van der Waals surface area contributed by atoms with E-state index >= 15 is 0 Å². The Balaban J connectivity index is 1.44. The average molecular weight is 464 g/mol. The third-order valence-electron chi connectivity index (χ3n) is 5.93. The molecule has 1 unspecified atom stereocenters. The molecule has 4 aromatic rings. The molecule has 7 nitrogen and oxygen atoms in total. The zero-order chi connectivity index (χ0) is 24.0. The lowest BCUT2D eigenvalue weighted by Gasteiger charge is -2.22. The molecule has 1 aliphatic rings. The van der Waals surface area contributed by atoms with Gasteiger partial charge in [-0.2, -0.15) is 4.98 Å². The second-order valence-electron chi connectivity index (χ2n) is 9.53. The standard InChI is InChI=1S/C26H26FN3O4/c1-26(2,3)33-23(31)14-19-9-8-18-11-15-5-6-16(13-21(15)30(18)19)24-28-25(34-29-24)17-7-10-22(32-4)20(27)12-17/h5-7,10-13,19H,8-9,14H2,1-4H3. The van der Waals surface area contributed by atoms with E-state index in [1.807, 2.05) is 39.0 Å². The van der Waals surface area contributed by atoms with Crippen LogP contribution in [0.4, 0.5) is 4.39 Å². The predicted molar refractivity (Wildman–Crippen MR) is 125 cm³/mol.